The van der Waals surface area contributed by atoms with Crippen LogP contribution >= 0.6 is 15.9 Å². The summed E-state index contributed by atoms with van der Waals surface area (Å²) in [6.45, 7) is 1.76. The van der Waals surface area contributed by atoms with Crippen LogP contribution in [0.4, 0.5) is 0 Å². The average molecular weight is 400 g/mol. The Kier molecular flexibility index (Phi) is 5.67. The zero-order valence-electron chi connectivity index (χ0n) is 13.0. The van der Waals surface area contributed by atoms with Crippen molar-refractivity contribution in [3.05, 3.63) is 52.5 Å². The molecule has 0 spiro atoms. The van der Waals surface area contributed by atoms with E-state index >= 15 is 0 Å². The predicted octanol–water partition coefficient (Wildman–Crippen LogP) is 3.51. The molecule has 2 aromatic rings. The number of ether oxygens (including phenoxy) is 2. The van der Waals surface area contributed by atoms with Crippen molar-refractivity contribution in [2.45, 2.75) is 17.9 Å². The van der Waals surface area contributed by atoms with Crippen LogP contribution in [0.15, 0.2) is 51.8 Å². The molecule has 2 rings (SSSR count). The number of rotatable bonds is 6. The summed E-state index contributed by atoms with van der Waals surface area (Å²) in [4.78, 5) is 0.189. The van der Waals surface area contributed by atoms with Gasteiger partial charge in [-0.05, 0) is 53.2 Å². The van der Waals surface area contributed by atoms with E-state index < -0.39 is 16.1 Å². The van der Waals surface area contributed by atoms with Crippen molar-refractivity contribution in [3.63, 3.8) is 0 Å². The summed E-state index contributed by atoms with van der Waals surface area (Å²) in [5.74, 6) is 1.22. The molecule has 0 aliphatic carbocycles. The first-order valence-electron chi connectivity index (χ1n) is 6.88. The lowest BCUT2D eigenvalue weighted by atomic mass is 10.1. The number of halogens is 1. The molecule has 0 aliphatic rings. The van der Waals surface area contributed by atoms with Crippen LogP contribution in [-0.2, 0) is 10.0 Å². The maximum atomic E-state index is 12.6. The molecule has 0 aliphatic heterocycles. The minimum absolute atomic E-state index is 0.189. The third-order valence-electron chi connectivity index (χ3n) is 3.36. The largest absolute Gasteiger partial charge is 0.497 e. The lowest BCUT2D eigenvalue weighted by Crippen LogP contribution is -2.27. The SMILES string of the molecule is COc1ccc(OC)c([C@H](C)NS(=O)(=O)c2ccccc2Br)c1. The van der Waals surface area contributed by atoms with E-state index in [4.69, 9.17) is 9.47 Å². The minimum atomic E-state index is -3.68. The molecular formula is C16H18BrNO4S. The van der Waals surface area contributed by atoms with E-state index in [1.807, 2.05) is 0 Å². The van der Waals surface area contributed by atoms with Crippen LogP contribution in [0.2, 0.25) is 0 Å². The topological polar surface area (TPSA) is 64.6 Å². The molecule has 5 nitrogen and oxygen atoms in total. The molecular weight excluding hydrogens is 382 g/mol. The summed E-state index contributed by atoms with van der Waals surface area (Å²) in [7, 11) is -0.577. The maximum Gasteiger partial charge on any atom is 0.242 e. The Bertz CT molecular complexity index is 792. The van der Waals surface area contributed by atoms with E-state index in [1.165, 1.54) is 0 Å². The van der Waals surface area contributed by atoms with Crippen molar-refractivity contribution in [3.8, 4) is 11.5 Å². The Morgan fingerprint density at radius 2 is 1.78 bits per heavy atom. The lowest BCUT2D eigenvalue weighted by molar-refractivity contribution is 0.395. The summed E-state index contributed by atoms with van der Waals surface area (Å²) in [6, 6.07) is 11.4. The van der Waals surface area contributed by atoms with Gasteiger partial charge in [0.2, 0.25) is 10.0 Å². The third-order valence-corrected chi connectivity index (χ3v) is 5.91. The first-order chi connectivity index (χ1) is 10.9. The Labute approximate surface area is 144 Å². The van der Waals surface area contributed by atoms with Crippen LogP contribution in [0, 0.1) is 0 Å². The van der Waals surface area contributed by atoms with Gasteiger partial charge in [-0.2, -0.15) is 0 Å². The van der Waals surface area contributed by atoms with E-state index in [0.29, 0.717) is 21.5 Å². The molecule has 0 unspecified atom stereocenters. The maximum absolute atomic E-state index is 12.6. The summed E-state index contributed by atoms with van der Waals surface area (Å²) in [5, 5.41) is 0. The average Bonchev–Trinajstić information content (AvgIpc) is 2.54. The molecule has 0 heterocycles. The van der Waals surface area contributed by atoms with E-state index in [1.54, 1.807) is 63.6 Å². The van der Waals surface area contributed by atoms with Crippen LogP contribution in [0.1, 0.15) is 18.5 Å². The lowest BCUT2D eigenvalue weighted by Gasteiger charge is -2.18. The summed E-state index contributed by atoms with van der Waals surface area (Å²) in [5.41, 5.74) is 0.697. The number of hydrogen-bond acceptors (Lipinski definition) is 4. The van der Waals surface area contributed by atoms with Crippen molar-refractivity contribution in [1.29, 1.82) is 0 Å². The number of sulfonamides is 1. The monoisotopic (exact) mass is 399 g/mol. The second-order valence-electron chi connectivity index (χ2n) is 4.88. The van der Waals surface area contributed by atoms with Gasteiger partial charge in [0.15, 0.2) is 0 Å². The van der Waals surface area contributed by atoms with E-state index in [2.05, 4.69) is 20.7 Å². The van der Waals surface area contributed by atoms with Gasteiger partial charge in [-0.3, -0.25) is 0 Å². The highest BCUT2D eigenvalue weighted by Crippen LogP contribution is 2.31. The summed E-state index contributed by atoms with van der Waals surface area (Å²) in [6.07, 6.45) is 0. The van der Waals surface area contributed by atoms with Gasteiger partial charge in [-0.1, -0.05) is 12.1 Å². The van der Waals surface area contributed by atoms with Gasteiger partial charge in [0.1, 0.15) is 11.5 Å². The summed E-state index contributed by atoms with van der Waals surface area (Å²) >= 11 is 3.27. The van der Waals surface area contributed by atoms with Crippen molar-refractivity contribution in [2.75, 3.05) is 14.2 Å². The normalized spacial score (nSPS) is 12.7. The van der Waals surface area contributed by atoms with Crippen molar-refractivity contribution in [2.24, 2.45) is 0 Å². The molecule has 23 heavy (non-hydrogen) atoms. The number of benzene rings is 2. The fraction of sp³-hybridized carbons (Fsp3) is 0.250. The Balaban J connectivity index is 2.35. The molecule has 1 atom stereocenters. The fourth-order valence-corrected chi connectivity index (χ4v) is 4.43. The quantitative estimate of drug-likeness (QED) is 0.806. The van der Waals surface area contributed by atoms with Gasteiger partial charge in [0.25, 0.3) is 0 Å². The molecule has 0 radical (unpaired) electrons. The first-order valence-corrected chi connectivity index (χ1v) is 9.15. The third kappa shape index (κ3) is 4.04. The number of methoxy groups -OCH3 is 2. The molecule has 1 N–H and O–H groups in total. The number of hydrogen-bond donors (Lipinski definition) is 1. The zero-order chi connectivity index (χ0) is 17.0. The highest BCUT2D eigenvalue weighted by molar-refractivity contribution is 9.10. The van der Waals surface area contributed by atoms with Crippen LogP contribution in [0.3, 0.4) is 0 Å². The first kappa shape index (κ1) is 17.8. The Morgan fingerprint density at radius 1 is 1.09 bits per heavy atom. The minimum Gasteiger partial charge on any atom is -0.497 e. The van der Waals surface area contributed by atoms with E-state index in [-0.39, 0.29) is 4.90 Å². The predicted molar refractivity (Wildman–Crippen MR) is 92.4 cm³/mol. The molecule has 7 heteroatoms. The smallest absolute Gasteiger partial charge is 0.242 e. The van der Waals surface area contributed by atoms with E-state index in [9.17, 15) is 8.42 Å². The zero-order valence-corrected chi connectivity index (χ0v) is 15.4. The van der Waals surface area contributed by atoms with Gasteiger partial charge >= 0.3 is 0 Å². The van der Waals surface area contributed by atoms with Crippen LogP contribution in [-0.4, -0.2) is 22.6 Å². The molecule has 0 saturated carbocycles. The molecule has 0 saturated heterocycles. The second kappa shape index (κ2) is 7.33. The molecule has 124 valence electrons. The molecule has 0 aromatic heterocycles. The van der Waals surface area contributed by atoms with E-state index in [0.717, 1.165) is 0 Å². The van der Waals surface area contributed by atoms with Gasteiger partial charge < -0.3 is 9.47 Å². The Morgan fingerprint density at radius 3 is 2.39 bits per heavy atom. The van der Waals surface area contributed by atoms with Crippen molar-refractivity contribution in [1.82, 2.24) is 4.72 Å². The summed E-state index contributed by atoms with van der Waals surface area (Å²) < 4.78 is 38.8. The highest BCUT2D eigenvalue weighted by atomic mass is 79.9. The molecule has 0 amide bonds. The number of nitrogens with one attached hydrogen (secondary N) is 1. The van der Waals surface area contributed by atoms with Crippen LogP contribution in [0.25, 0.3) is 0 Å². The Hall–Kier alpha value is -1.57. The molecule has 2 aromatic carbocycles. The highest BCUT2D eigenvalue weighted by Gasteiger charge is 2.22. The molecule has 0 bridgehead atoms. The van der Waals surface area contributed by atoms with Crippen molar-refractivity contribution < 1.29 is 17.9 Å². The standard InChI is InChI=1S/C16H18BrNO4S/c1-11(13-10-12(21-2)8-9-15(13)22-3)18-23(19,20)16-7-5-4-6-14(16)17/h4-11,18H,1-3H3/t11-/m0/s1. The van der Waals surface area contributed by atoms with Gasteiger partial charge in [-0.15, -0.1) is 0 Å². The second-order valence-corrected chi connectivity index (χ2v) is 7.42. The van der Waals surface area contributed by atoms with Crippen LogP contribution < -0.4 is 14.2 Å². The molecule has 0 fully saturated rings. The fourth-order valence-electron chi connectivity index (χ4n) is 2.20. The van der Waals surface area contributed by atoms with Gasteiger partial charge in [-0.25, -0.2) is 13.1 Å². The van der Waals surface area contributed by atoms with Gasteiger partial charge in [0.05, 0.1) is 19.1 Å². The van der Waals surface area contributed by atoms with Crippen LogP contribution in [0.5, 0.6) is 11.5 Å². The van der Waals surface area contributed by atoms with Crippen molar-refractivity contribution >= 4 is 26.0 Å². The van der Waals surface area contributed by atoms with Gasteiger partial charge in [0, 0.05) is 16.1 Å².